The Labute approximate surface area is 297 Å². The second-order valence-corrected chi connectivity index (χ2v) is 14.0. The molecule has 0 saturated heterocycles. The maximum absolute atomic E-state index is 5.41. The van der Waals surface area contributed by atoms with Crippen molar-refractivity contribution in [2.45, 2.75) is 0 Å². The van der Waals surface area contributed by atoms with Gasteiger partial charge in [0.15, 0.2) is 0 Å². The first kappa shape index (κ1) is 28.3. The summed E-state index contributed by atoms with van der Waals surface area (Å²) < 4.78 is 7.00. The molecule has 0 bridgehead atoms. The lowest BCUT2D eigenvalue weighted by Gasteiger charge is -2.11. The van der Waals surface area contributed by atoms with Gasteiger partial charge in [-0.1, -0.05) is 103 Å². The molecule has 4 nitrogen and oxygen atoms in total. The van der Waals surface area contributed by atoms with Crippen LogP contribution in [0.15, 0.2) is 170 Å². The van der Waals surface area contributed by atoms with Gasteiger partial charge in [-0.3, -0.25) is 0 Å². The molecule has 0 radical (unpaired) electrons. The lowest BCUT2D eigenvalue weighted by atomic mass is 10.0. The zero-order chi connectivity index (χ0) is 33.5. The molecule has 0 saturated carbocycles. The summed E-state index contributed by atoms with van der Waals surface area (Å²) in [5.41, 5.74) is 12.9. The first-order valence-corrected chi connectivity index (χ1v) is 18.0. The first-order chi connectivity index (χ1) is 25.3. The third-order valence-corrected chi connectivity index (χ3v) is 11.2. The molecule has 0 N–H and O–H groups in total. The number of benzene rings is 6. The molecule has 0 amide bonds. The lowest BCUT2D eigenvalue weighted by molar-refractivity contribution is 1.18. The second kappa shape index (κ2) is 11.0. The lowest BCUT2D eigenvalue weighted by Crippen LogP contribution is -1.96. The maximum atomic E-state index is 5.41. The van der Waals surface area contributed by atoms with E-state index in [-0.39, 0.29) is 0 Å². The van der Waals surface area contributed by atoms with Gasteiger partial charge in [0.25, 0.3) is 0 Å². The van der Waals surface area contributed by atoms with Crippen LogP contribution in [0.5, 0.6) is 0 Å². The number of fused-ring (bicyclic) bond motifs is 9. The predicted octanol–water partition coefficient (Wildman–Crippen LogP) is 12.4. The normalized spacial score (nSPS) is 11.9. The summed E-state index contributed by atoms with van der Waals surface area (Å²) in [5, 5.41) is 4.87. The minimum atomic E-state index is 0.938. The van der Waals surface area contributed by atoms with E-state index < -0.39 is 0 Å². The average molecular weight is 669 g/mol. The fourth-order valence-electron chi connectivity index (χ4n) is 7.97. The van der Waals surface area contributed by atoms with Gasteiger partial charge in [0, 0.05) is 44.0 Å². The van der Waals surface area contributed by atoms with E-state index in [1.165, 1.54) is 38.1 Å². The largest absolute Gasteiger partial charge is 0.309 e. The predicted molar refractivity (Wildman–Crippen MR) is 214 cm³/mol. The Morgan fingerprint density at radius 1 is 0.373 bits per heavy atom. The second-order valence-electron chi connectivity index (χ2n) is 13.0. The van der Waals surface area contributed by atoms with Crippen LogP contribution in [0.1, 0.15) is 0 Å². The summed E-state index contributed by atoms with van der Waals surface area (Å²) in [7, 11) is 0. The van der Waals surface area contributed by atoms with Crippen LogP contribution in [-0.2, 0) is 0 Å². The van der Waals surface area contributed by atoms with Crippen molar-refractivity contribution >= 4 is 75.4 Å². The molecule has 0 atom stereocenters. The van der Waals surface area contributed by atoms with Crippen LogP contribution in [0.3, 0.4) is 0 Å². The average Bonchev–Trinajstić information content (AvgIpc) is 3.86. The summed E-state index contributed by atoms with van der Waals surface area (Å²) in [6, 6.07) is 60.5. The van der Waals surface area contributed by atoms with Gasteiger partial charge >= 0.3 is 0 Å². The third kappa shape index (κ3) is 4.19. The summed E-state index contributed by atoms with van der Waals surface area (Å²) in [6.45, 7) is 0. The van der Waals surface area contributed by atoms with Gasteiger partial charge in [-0.05, 0) is 66.7 Å². The van der Waals surface area contributed by atoms with Crippen LogP contribution in [-0.4, -0.2) is 19.1 Å². The summed E-state index contributed by atoms with van der Waals surface area (Å²) in [4.78, 5) is 10.8. The van der Waals surface area contributed by atoms with Crippen molar-refractivity contribution in [3.05, 3.63) is 170 Å². The van der Waals surface area contributed by atoms with E-state index in [4.69, 9.17) is 9.97 Å². The van der Waals surface area contributed by atoms with E-state index in [1.807, 2.05) is 0 Å². The molecule has 0 spiro atoms. The quantitative estimate of drug-likeness (QED) is 0.187. The van der Waals surface area contributed by atoms with Gasteiger partial charge in [0.1, 0.15) is 11.0 Å². The standard InChI is InChI=1S/C46H28N4S/c1-3-13-29(14-4-1)49-39-23-10-8-18-35(39)43-33(20-12-24-40(43)49)36-25-27-41-44(47-36)45-42(51-41)28-26-37(48-45)34-21-11-19-32-31-17-7-9-22-38(31)50(46(32)34)30-15-5-2-6-16-30/h1-28H. The number of pyridine rings is 2. The van der Waals surface area contributed by atoms with E-state index in [9.17, 15) is 0 Å². The van der Waals surface area contributed by atoms with Crippen molar-refractivity contribution in [3.8, 4) is 33.9 Å². The molecule has 11 aromatic rings. The molecule has 5 aromatic heterocycles. The monoisotopic (exact) mass is 668 g/mol. The highest BCUT2D eigenvalue weighted by Gasteiger charge is 2.20. The Balaban J connectivity index is 1.14. The number of aromatic nitrogens is 4. The van der Waals surface area contributed by atoms with Crippen molar-refractivity contribution in [3.63, 3.8) is 0 Å². The summed E-state index contributed by atoms with van der Waals surface area (Å²) >= 11 is 1.75. The molecule has 5 heterocycles. The van der Waals surface area contributed by atoms with Crippen LogP contribution in [0.4, 0.5) is 0 Å². The van der Waals surface area contributed by atoms with Crippen LogP contribution >= 0.6 is 11.3 Å². The minimum Gasteiger partial charge on any atom is -0.309 e. The Bertz CT molecular complexity index is 3130. The number of rotatable bonds is 4. The van der Waals surface area contributed by atoms with Gasteiger partial charge in [0.05, 0.1) is 42.9 Å². The van der Waals surface area contributed by atoms with Crippen molar-refractivity contribution in [1.29, 1.82) is 0 Å². The maximum Gasteiger partial charge on any atom is 0.108 e. The minimum absolute atomic E-state index is 0.938. The van der Waals surface area contributed by atoms with Crippen LogP contribution in [0.25, 0.3) is 97.9 Å². The van der Waals surface area contributed by atoms with Crippen LogP contribution in [0, 0.1) is 0 Å². The molecular formula is C46H28N4S. The van der Waals surface area contributed by atoms with Crippen LogP contribution in [0.2, 0.25) is 0 Å². The fraction of sp³-hybridized carbons (Fsp3) is 0. The van der Waals surface area contributed by atoms with Gasteiger partial charge in [-0.15, -0.1) is 11.3 Å². The third-order valence-electron chi connectivity index (χ3n) is 10.1. The smallest absolute Gasteiger partial charge is 0.108 e. The molecule has 0 aliphatic carbocycles. The number of nitrogens with zero attached hydrogens (tertiary/aromatic N) is 4. The molecule has 5 heteroatoms. The number of hydrogen-bond acceptors (Lipinski definition) is 3. The van der Waals surface area contributed by atoms with E-state index in [1.54, 1.807) is 11.3 Å². The fourth-order valence-corrected chi connectivity index (χ4v) is 8.96. The number of thiophene rings is 1. The van der Waals surface area contributed by atoms with Gasteiger partial charge < -0.3 is 9.13 Å². The Hall–Kier alpha value is -6.56. The van der Waals surface area contributed by atoms with Crippen molar-refractivity contribution in [2.24, 2.45) is 0 Å². The van der Waals surface area contributed by atoms with Gasteiger partial charge in [-0.2, -0.15) is 0 Å². The Kier molecular flexibility index (Phi) is 6.09. The van der Waals surface area contributed by atoms with Crippen molar-refractivity contribution in [2.75, 3.05) is 0 Å². The van der Waals surface area contributed by atoms with Gasteiger partial charge in [-0.25, -0.2) is 9.97 Å². The topological polar surface area (TPSA) is 35.6 Å². The highest BCUT2D eigenvalue weighted by atomic mass is 32.1. The van der Waals surface area contributed by atoms with Crippen molar-refractivity contribution in [1.82, 2.24) is 19.1 Å². The summed E-state index contributed by atoms with van der Waals surface area (Å²) in [5.74, 6) is 0. The number of hydrogen-bond donors (Lipinski definition) is 0. The SMILES string of the molecule is c1ccc(-n2c3ccccc3c3c(-c4ccc5sc6ccc(-c7cccc8c9ccccc9n(-c9ccccc9)c78)nc6c5n4)cccc32)cc1. The summed E-state index contributed by atoms with van der Waals surface area (Å²) in [6.07, 6.45) is 0. The van der Waals surface area contributed by atoms with E-state index in [0.29, 0.717) is 0 Å². The Morgan fingerprint density at radius 3 is 1.59 bits per heavy atom. The van der Waals surface area contributed by atoms with Crippen molar-refractivity contribution < 1.29 is 0 Å². The molecule has 238 valence electrons. The zero-order valence-electron chi connectivity index (χ0n) is 27.4. The molecule has 0 fully saturated rings. The highest BCUT2D eigenvalue weighted by Crippen LogP contribution is 2.42. The molecule has 51 heavy (non-hydrogen) atoms. The van der Waals surface area contributed by atoms with Crippen LogP contribution < -0.4 is 0 Å². The van der Waals surface area contributed by atoms with E-state index in [2.05, 4.69) is 179 Å². The molecule has 0 aliphatic heterocycles. The highest BCUT2D eigenvalue weighted by molar-refractivity contribution is 7.25. The van der Waals surface area contributed by atoms with E-state index in [0.717, 1.165) is 59.8 Å². The van der Waals surface area contributed by atoms with E-state index >= 15 is 0 Å². The zero-order valence-corrected chi connectivity index (χ0v) is 28.2. The molecule has 0 unspecified atom stereocenters. The molecule has 0 aliphatic rings. The Morgan fingerprint density at radius 2 is 0.882 bits per heavy atom. The molecular weight excluding hydrogens is 641 g/mol. The number of para-hydroxylation sites is 5. The first-order valence-electron chi connectivity index (χ1n) is 17.2. The van der Waals surface area contributed by atoms with Gasteiger partial charge in [0.2, 0.25) is 0 Å². The molecule has 11 rings (SSSR count). The molecule has 6 aromatic carbocycles.